The van der Waals surface area contributed by atoms with E-state index in [-0.39, 0.29) is 37.6 Å². The monoisotopic (exact) mass is 347 g/mol. The van der Waals surface area contributed by atoms with Crippen LogP contribution < -0.4 is 0 Å². The number of carbonyl (C=O) groups excluding carboxylic acids is 1. The first-order valence-corrected chi connectivity index (χ1v) is 9.22. The molecule has 1 heterocycles. The summed E-state index contributed by atoms with van der Waals surface area (Å²) >= 11 is 0. The highest BCUT2D eigenvalue weighted by molar-refractivity contribution is 8.14. The Kier molecular flexibility index (Phi) is 4.78. The predicted molar refractivity (Wildman–Crippen MR) is 71.3 cm³/mol. The van der Waals surface area contributed by atoms with Gasteiger partial charge in [-0.05, 0) is 31.6 Å². The fourth-order valence-electron chi connectivity index (χ4n) is 3.08. The van der Waals surface area contributed by atoms with Crippen molar-refractivity contribution in [2.75, 3.05) is 13.1 Å². The van der Waals surface area contributed by atoms with Gasteiger partial charge in [0.15, 0.2) is 0 Å². The summed E-state index contributed by atoms with van der Waals surface area (Å²) in [6.07, 6.45) is -3.31. The van der Waals surface area contributed by atoms with Crippen molar-refractivity contribution in [2.45, 2.75) is 43.5 Å². The van der Waals surface area contributed by atoms with Gasteiger partial charge < -0.3 is 4.90 Å². The van der Waals surface area contributed by atoms with E-state index in [1.54, 1.807) is 0 Å². The van der Waals surface area contributed by atoms with Crippen molar-refractivity contribution in [3.63, 3.8) is 0 Å². The quantitative estimate of drug-likeness (QED) is 0.737. The molecule has 0 bridgehead atoms. The first-order chi connectivity index (χ1) is 9.57. The number of hydrogen-bond donors (Lipinski definition) is 0. The number of likely N-dealkylation sites (tertiary alicyclic amines) is 1. The molecule has 1 amide bonds. The molecule has 9 heteroatoms. The lowest BCUT2D eigenvalue weighted by Gasteiger charge is -2.32. The van der Waals surface area contributed by atoms with E-state index in [1.165, 1.54) is 4.90 Å². The Bertz CT molecular complexity index is 500. The molecule has 0 spiro atoms. The Morgan fingerprint density at radius 3 is 2.19 bits per heavy atom. The molecule has 1 aliphatic heterocycles. The molecule has 0 aromatic heterocycles. The van der Waals surface area contributed by atoms with Crippen LogP contribution in [0.3, 0.4) is 0 Å². The second kappa shape index (κ2) is 5.95. The van der Waals surface area contributed by atoms with Crippen LogP contribution in [0, 0.1) is 11.8 Å². The van der Waals surface area contributed by atoms with Gasteiger partial charge in [-0.15, -0.1) is 0 Å². The maximum atomic E-state index is 12.6. The van der Waals surface area contributed by atoms with E-state index in [1.807, 2.05) is 0 Å². The summed E-state index contributed by atoms with van der Waals surface area (Å²) in [5.74, 6) is -1.54. The average Bonchev–Trinajstić information content (AvgIpc) is 2.70. The van der Waals surface area contributed by atoms with E-state index < -0.39 is 26.4 Å². The lowest BCUT2D eigenvalue weighted by molar-refractivity contribution is -0.184. The lowest BCUT2D eigenvalue weighted by atomic mass is 9.81. The van der Waals surface area contributed by atoms with Crippen molar-refractivity contribution in [2.24, 2.45) is 11.8 Å². The molecule has 4 nitrogen and oxygen atoms in total. The molecule has 1 unspecified atom stereocenters. The normalized spacial score (nSPS) is 31.7. The van der Waals surface area contributed by atoms with E-state index in [0.29, 0.717) is 19.4 Å². The van der Waals surface area contributed by atoms with Crippen LogP contribution in [-0.4, -0.2) is 43.7 Å². The van der Waals surface area contributed by atoms with Gasteiger partial charge in [-0.1, -0.05) is 0 Å². The van der Waals surface area contributed by atoms with Crippen molar-refractivity contribution in [1.29, 1.82) is 0 Å². The van der Waals surface area contributed by atoms with Crippen LogP contribution in [-0.2, 0) is 13.8 Å². The third-order valence-corrected chi connectivity index (χ3v) is 6.23. The summed E-state index contributed by atoms with van der Waals surface area (Å²) in [7, 11) is 1.47. The largest absolute Gasteiger partial charge is 0.391 e. The van der Waals surface area contributed by atoms with Crippen molar-refractivity contribution in [3.8, 4) is 0 Å². The van der Waals surface area contributed by atoms with Crippen LogP contribution in [0.5, 0.6) is 0 Å². The Morgan fingerprint density at radius 1 is 1.19 bits per heavy atom. The summed E-state index contributed by atoms with van der Waals surface area (Å²) in [5.41, 5.74) is 0. The molecule has 21 heavy (non-hydrogen) atoms. The third kappa shape index (κ3) is 4.25. The van der Waals surface area contributed by atoms with Crippen LogP contribution in [0.2, 0.25) is 0 Å². The molecular weight excluding hydrogens is 331 g/mol. The average molecular weight is 348 g/mol. The second-order valence-corrected chi connectivity index (χ2v) is 8.77. The summed E-state index contributed by atoms with van der Waals surface area (Å²) in [6, 6.07) is 0. The van der Waals surface area contributed by atoms with Crippen LogP contribution >= 0.6 is 10.7 Å². The zero-order valence-electron chi connectivity index (χ0n) is 11.3. The lowest BCUT2D eigenvalue weighted by Crippen LogP contribution is -2.35. The molecule has 122 valence electrons. The SMILES string of the molecule is O=C1CC(S(=O)(=O)Cl)CN1CC1CCC(C(F)(F)F)CC1. The second-order valence-electron chi connectivity index (χ2n) is 5.86. The van der Waals surface area contributed by atoms with E-state index in [0.717, 1.165) is 0 Å². The molecule has 0 aromatic rings. The molecule has 0 N–H and O–H groups in total. The van der Waals surface area contributed by atoms with Gasteiger partial charge in [0, 0.05) is 30.2 Å². The molecule has 1 atom stereocenters. The van der Waals surface area contributed by atoms with E-state index in [4.69, 9.17) is 10.7 Å². The highest BCUT2D eigenvalue weighted by Crippen LogP contribution is 2.40. The number of amides is 1. The molecule has 2 rings (SSSR count). The van der Waals surface area contributed by atoms with Gasteiger partial charge in [0.1, 0.15) is 5.25 Å². The standard InChI is InChI=1S/C12H17ClF3NO3S/c13-21(19,20)10-5-11(18)17(7-10)6-8-1-3-9(4-2-8)12(14,15)16/h8-10H,1-7H2. The Morgan fingerprint density at radius 2 is 1.76 bits per heavy atom. The number of nitrogens with zero attached hydrogens (tertiary/aromatic N) is 1. The van der Waals surface area contributed by atoms with Crippen molar-refractivity contribution < 1.29 is 26.4 Å². The highest BCUT2D eigenvalue weighted by Gasteiger charge is 2.43. The van der Waals surface area contributed by atoms with Crippen LogP contribution in [0.15, 0.2) is 0 Å². The first-order valence-electron chi connectivity index (χ1n) is 6.85. The number of alkyl halides is 3. The Balaban J connectivity index is 1.86. The molecule has 2 fully saturated rings. The van der Waals surface area contributed by atoms with Gasteiger partial charge in [0.25, 0.3) is 0 Å². The van der Waals surface area contributed by atoms with Crippen molar-refractivity contribution in [3.05, 3.63) is 0 Å². The highest BCUT2D eigenvalue weighted by atomic mass is 35.7. The number of carbonyl (C=O) groups is 1. The van der Waals surface area contributed by atoms with Gasteiger partial charge >= 0.3 is 6.18 Å². The van der Waals surface area contributed by atoms with Crippen LogP contribution in [0.25, 0.3) is 0 Å². The molecule has 2 aliphatic rings. The summed E-state index contributed by atoms with van der Waals surface area (Å²) in [6.45, 7) is 0.371. The zero-order chi connectivity index (χ0) is 15.8. The molecule has 0 aromatic carbocycles. The summed E-state index contributed by atoms with van der Waals surface area (Å²) in [5, 5.41) is -0.904. The van der Waals surface area contributed by atoms with E-state index in [2.05, 4.69) is 0 Å². The molecular formula is C12H17ClF3NO3S. The zero-order valence-corrected chi connectivity index (χ0v) is 12.8. The van der Waals surface area contributed by atoms with Gasteiger partial charge in [0.05, 0.1) is 5.92 Å². The fourth-order valence-corrected chi connectivity index (χ4v) is 4.14. The molecule has 1 saturated heterocycles. The maximum Gasteiger partial charge on any atom is 0.391 e. The smallest absolute Gasteiger partial charge is 0.341 e. The van der Waals surface area contributed by atoms with Gasteiger partial charge in [0.2, 0.25) is 15.0 Å². The molecule has 0 radical (unpaired) electrons. The minimum atomic E-state index is -4.15. The van der Waals surface area contributed by atoms with Gasteiger partial charge in [-0.2, -0.15) is 13.2 Å². The van der Waals surface area contributed by atoms with Crippen LogP contribution in [0.4, 0.5) is 13.2 Å². The minimum Gasteiger partial charge on any atom is -0.341 e. The molecule has 1 aliphatic carbocycles. The van der Waals surface area contributed by atoms with Gasteiger partial charge in [-0.25, -0.2) is 8.42 Å². The van der Waals surface area contributed by atoms with Gasteiger partial charge in [-0.3, -0.25) is 4.79 Å². The predicted octanol–water partition coefficient (Wildman–Crippen LogP) is 2.52. The van der Waals surface area contributed by atoms with Crippen molar-refractivity contribution in [1.82, 2.24) is 4.90 Å². The number of halogens is 4. The number of hydrogen-bond acceptors (Lipinski definition) is 3. The molecule has 1 saturated carbocycles. The number of rotatable bonds is 3. The topological polar surface area (TPSA) is 54.5 Å². The minimum absolute atomic E-state index is 0.00401. The van der Waals surface area contributed by atoms with Crippen LogP contribution in [0.1, 0.15) is 32.1 Å². The van der Waals surface area contributed by atoms with Crippen molar-refractivity contribution >= 4 is 25.6 Å². The third-order valence-electron chi connectivity index (χ3n) is 4.37. The Hall–Kier alpha value is -0.500. The fraction of sp³-hybridized carbons (Fsp3) is 0.917. The van der Waals surface area contributed by atoms with E-state index >= 15 is 0 Å². The summed E-state index contributed by atoms with van der Waals surface area (Å²) < 4.78 is 60.2. The van der Waals surface area contributed by atoms with E-state index in [9.17, 15) is 26.4 Å². The summed E-state index contributed by atoms with van der Waals surface area (Å²) in [4.78, 5) is 13.2. The maximum absolute atomic E-state index is 12.6. The first kappa shape index (κ1) is 16.9. The Labute approximate surface area is 126 Å².